The van der Waals surface area contributed by atoms with Crippen LogP contribution in [0.15, 0.2) is 0 Å². The van der Waals surface area contributed by atoms with E-state index >= 15 is 0 Å². The number of unbranched alkanes of at least 4 members (excludes halogenated alkanes) is 4. The second-order valence-corrected chi connectivity index (χ2v) is 7.56. The van der Waals surface area contributed by atoms with Gasteiger partial charge in [-0.2, -0.15) is 0 Å². The molecule has 0 radical (unpaired) electrons. The van der Waals surface area contributed by atoms with Crippen LogP contribution < -0.4 is 0 Å². The highest BCUT2D eigenvalue weighted by atomic mass is 16.7. The Morgan fingerprint density at radius 3 is 1.75 bits per heavy atom. The SMILES string of the molecule is CCCCOC[C@@H]1O[C@H](OCCCC)[C@@H](O)[C@@H](OCCCC)[C@@H]1OCCCC. The minimum atomic E-state index is -0.868. The lowest BCUT2D eigenvalue weighted by Crippen LogP contribution is -2.61. The summed E-state index contributed by atoms with van der Waals surface area (Å²) in [6, 6.07) is 0. The Hall–Kier alpha value is -0.240. The van der Waals surface area contributed by atoms with Gasteiger partial charge in [-0.15, -0.1) is 0 Å². The molecule has 0 saturated carbocycles. The summed E-state index contributed by atoms with van der Waals surface area (Å²) >= 11 is 0. The first-order valence-electron chi connectivity index (χ1n) is 11.5. The van der Waals surface area contributed by atoms with Gasteiger partial charge in [0.15, 0.2) is 6.29 Å². The van der Waals surface area contributed by atoms with Crippen molar-refractivity contribution in [2.75, 3.05) is 33.0 Å². The molecule has 1 aliphatic rings. The maximum Gasteiger partial charge on any atom is 0.186 e. The quantitative estimate of drug-likeness (QED) is 0.369. The van der Waals surface area contributed by atoms with E-state index in [0.717, 1.165) is 51.4 Å². The molecule has 1 rings (SSSR count). The Morgan fingerprint density at radius 1 is 0.679 bits per heavy atom. The van der Waals surface area contributed by atoms with Gasteiger partial charge in [0.2, 0.25) is 0 Å². The molecule has 1 saturated heterocycles. The lowest BCUT2D eigenvalue weighted by Gasteiger charge is -2.44. The predicted octanol–water partition coefficient (Wildman–Crippen LogP) is 4.08. The van der Waals surface area contributed by atoms with Gasteiger partial charge in [-0.3, -0.25) is 0 Å². The van der Waals surface area contributed by atoms with Gasteiger partial charge in [0.25, 0.3) is 0 Å². The monoisotopic (exact) mass is 404 g/mol. The van der Waals surface area contributed by atoms with Crippen molar-refractivity contribution in [2.45, 2.75) is 110 Å². The van der Waals surface area contributed by atoms with Crippen molar-refractivity contribution in [1.29, 1.82) is 0 Å². The van der Waals surface area contributed by atoms with Gasteiger partial charge in [0.1, 0.15) is 24.4 Å². The maximum absolute atomic E-state index is 10.9. The molecule has 0 aromatic heterocycles. The molecule has 5 atom stereocenters. The Labute approximate surface area is 172 Å². The predicted molar refractivity (Wildman–Crippen MR) is 111 cm³/mol. The first-order valence-corrected chi connectivity index (χ1v) is 11.5. The van der Waals surface area contributed by atoms with E-state index in [1.165, 1.54) is 0 Å². The van der Waals surface area contributed by atoms with Crippen LogP contribution in [0.5, 0.6) is 0 Å². The van der Waals surface area contributed by atoms with Crippen molar-refractivity contribution >= 4 is 0 Å². The van der Waals surface area contributed by atoms with Gasteiger partial charge in [0, 0.05) is 26.4 Å². The lowest BCUT2D eigenvalue weighted by atomic mass is 9.98. The topological polar surface area (TPSA) is 66.4 Å². The molecule has 6 nitrogen and oxygen atoms in total. The lowest BCUT2D eigenvalue weighted by molar-refractivity contribution is -0.315. The van der Waals surface area contributed by atoms with E-state index < -0.39 is 18.5 Å². The normalized spacial score (nSPS) is 28.0. The molecule has 0 unspecified atom stereocenters. The van der Waals surface area contributed by atoms with Gasteiger partial charge >= 0.3 is 0 Å². The first-order chi connectivity index (χ1) is 13.7. The zero-order chi connectivity index (χ0) is 20.6. The van der Waals surface area contributed by atoms with E-state index in [2.05, 4.69) is 27.7 Å². The van der Waals surface area contributed by atoms with Crippen LogP contribution >= 0.6 is 0 Å². The molecule has 28 heavy (non-hydrogen) atoms. The van der Waals surface area contributed by atoms with Crippen LogP contribution in [0.3, 0.4) is 0 Å². The highest BCUT2D eigenvalue weighted by Crippen LogP contribution is 2.28. The van der Waals surface area contributed by atoms with Crippen molar-refractivity contribution in [3.05, 3.63) is 0 Å². The number of aliphatic hydroxyl groups is 1. The third-order valence-electron chi connectivity index (χ3n) is 4.94. The molecule has 1 N–H and O–H groups in total. The van der Waals surface area contributed by atoms with Crippen molar-refractivity contribution in [3.8, 4) is 0 Å². The van der Waals surface area contributed by atoms with E-state index in [9.17, 15) is 5.11 Å². The van der Waals surface area contributed by atoms with Crippen LogP contribution in [-0.4, -0.2) is 68.8 Å². The fourth-order valence-corrected chi connectivity index (χ4v) is 3.08. The molecular weight excluding hydrogens is 360 g/mol. The molecule has 0 aromatic rings. The molecule has 0 spiro atoms. The molecule has 1 heterocycles. The fourth-order valence-electron chi connectivity index (χ4n) is 3.08. The molecule has 1 fully saturated rings. The van der Waals surface area contributed by atoms with Crippen molar-refractivity contribution in [3.63, 3.8) is 0 Å². The molecule has 0 amide bonds. The van der Waals surface area contributed by atoms with E-state index in [1.54, 1.807) is 0 Å². The fraction of sp³-hybridized carbons (Fsp3) is 1.00. The largest absolute Gasteiger partial charge is 0.385 e. The van der Waals surface area contributed by atoms with Crippen LogP contribution in [0.2, 0.25) is 0 Å². The second-order valence-electron chi connectivity index (χ2n) is 7.56. The average Bonchev–Trinajstić information content (AvgIpc) is 2.70. The van der Waals surface area contributed by atoms with Gasteiger partial charge in [-0.25, -0.2) is 0 Å². The average molecular weight is 405 g/mol. The summed E-state index contributed by atoms with van der Waals surface area (Å²) < 4.78 is 30.0. The van der Waals surface area contributed by atoms with Crippen LogP contribution in [0.4, 0.5) is 0 Å². The molecule has 0 aromatic carbocycles. The van der Waals surface area contributed by atoms with Gasteiger partial charge in [-0.1, -0.05) is 53.4 Å². The van der Waals surface area contributed by atoms with Crippen molar-refractivity contribution < 1.29 is 28.8 Å². The Kier molecular flexibility index (Phi) is 15.2. The van der Waals surface area contributed by atoms with E-state index in [-0.39, 0.29) is 12.2 Å². The van der Waals surface area contributed by atoms with E-state index in [0.29, 0.717) is 33.0 Å². The minimum Gasteiger partial charge on any atom is -0.385 e. The maximum atomic E-state index is 10.9. The molecule has 1 aliphatic heterocycles. The number of hydrogen-bond donors (Lipinski definition) is 1. The number of aliphatic hydroxyl groups excluding tert-OH is 1. The van der Waals surface area contributed by atoms with Crippen LogP contribution in [0.1, 0.15) is 79.1 Å². The summed E-state index contributed by atoms with van der Waals surface area (Å²) in [4.78, 5) is 0. The summed E-state index contributed by atoms with van der Waals surface area (Å²) in [5, 5.41) is 10.9. The third-order valence-corrected chi connectivity index (χ3v) is 4.94. The van der Waals surface area contributed by atoms with Crippen molar-refractivity contribution in [2.24, 2.45) is 0 Å². The standard InChI is InChI=1S/C22H44O6/c1-5-9-13-24-17-18-20(25-14-10-6-2)21(26-15-11-7-3)19(23)22(28-18)27-16-12-8-4/h18-23H,5-17H2,1-4H3/t18-,19-,20+,21+,22-/m0/s1. The van der Waals surface area contributed by atoms with Crippen LogP contribution in [0.25, 0.3) is 0 Å². The summed E-state index contributed by atoms with van der Waals surface area (Å²) in [5.74, 6) is 0. The Bertz CT molecular complexity index is 344. The van der Waals surface area contributed by atoms with Crippen LogP contribution in [-0.2, 0) is 23.7 Å². The minimum absolute atomic E-state index is 0.310. The van der Waals surface area contributed by atoms with E-state index in [1.807, 2.05) is 0 Å². The molecule has 0 bridgehead atoms. The molecular formula is C22H44O6. The zero-order valence-electron chi connectivity index (χ0n) is 18.6. The first kappa shape index (κ1) is 25.8. The molecule has 6 heteroatoms. The summed E-state index contributed by atoms with van der Waals surface area (Å²) in [6.07, 6.45) is 5.38. The summed E-state index contributed by atoms with van der Waals surface area (Å²) in [6.45, 7) is 11.4. The van der Waals surface area contributed by atoms with Crippen LogP contribution in [0, 0.1) is 0 Å². The molecule has 0 aliphatic carbocycles. The smallest absolute Gasteiger partial charge is 0.186 e. The summed E-state index contributed by atoms with van der Waals surface area (Å²) in [7, 11) is 0. The molecule has 168 valence electrons. The van der Waals surface area contributed by atoms with E-state index in [4.69, 9.17) is 23.7 Å². The van der Waals surface area contributed by atoms with Gasteiger partial charge in [0.05, 0.1) is 6.61 Å². The Balaban J connectivity index is 2.82. The Morgan fingerprint density at radius 2 is 1.18 bits per heavy atom. The van der Waals surface area contributed by atoms with Gasteiger partial charge < -0.3 is 28.8 Å². The highest BCUT2D eigenvalue weighted by Gasteiger charge is 2.47. The second kappa shape index (κ2) is 16.5. The zero-order valence-corrected chi connectivity index (χ0v) is 18.6. The number of hydrogen-bond acceptors (Lipinski definition) is 6. The van der Waals surface area contributed by atoms with Crippen molar-refractivity contribution in [1.82, 2.24) is 0 Å². The number of rotatable bonds is 17. The van der Waals surface area contributed by atoms with Gasteiger partial charge in [-0.05, 0) is 25.7 Å². The third kappa shape index (κ3) is 9.51. The highest BCUT2D eigenvalue weighted by molar-refractivity contribution is 4.92. The summed E-state index contributed by atoms with van der Waals surface area (Å²) in [5.41, 5.74) is 0. The number of ether oxygens (including phenoxy) is 5.